The van der Waals surface area contributed by atoms with Crippen LogP contribution in [0.2, 0.25) is 5.02 Å². The van der Waals surface area contributed by atoms with Crippen LogP contribution in [-0.2, 0) is 6.42 Å². The largest absolute Gasteiger partial charge is 0.398 e. The zero-order valence-electron chi connectivity index (χ0n) is 6.14. The van der Waals surface area contributed by atoms with Crippen LogP contribution in [0.25, 0.3) is 0 Å². The molecular formula is C8H6BrClN2. The van der Waals surface area contributed by atoms with Crippen LogP contribution in [0.4, 0.5) is 5.69 Å². The first-order valence-corrected chi connectivity index (χ1v) is 4.42. The third-order valence-electron chi connectivity index (χ3n) is 1.41. The second-order valence-corrected chi connectivity index (χ2v) is 3.53. The van der Waals surface area contributed by atoms with E-state index in [-0.39, 0.29) is 0 Å². The quantitative estimate of drug-likeness (QED) is 0.774. The first-order valence-electron chi connectivity index (χ1n) is 3.25. The Kier molecular flexibility index (Phi) is 2.96. The van der Waals surface area contributed by atoms with Crippen molar-refractivity contribution in [3.8, 4) is 6.07 Å². The highest BCUT2D eigenvalue weighted by atomic mass is 79.9. The molecular weight excluding hydrogens is 239 g/mol. The number of nitrogens with two attached hydrogens (primary N) is 1. The van der Waals surface area contributed by atoms with Gasteiger partial charge in [0.25, 0.3) is 0 Å². The molecule has 0 aliphatic rings. The number of nitrogen functional groups attached to an aromatic ring is 1. The summed E-state index contributed by atoms with van der Waals surface area (Å²) in [4.78, 5) is 0. The van der Waals surface area contributed by atoms with Gasteiger partial charge in [-0.15, -0.1) is 0 Å². The summed E-state index contributed by atoms with van der Waals surface area (Å²) in [5.41, 5.74) is 7.00. The number of rotatable bonds is 1. The van der Waals surface area contributed by atoms with E-state index in [1.54, 1.807) is 12.1 Å². The van der Waals surface area contributed by atoms with Crippen molar-refractivity contribution in [1.29, 1.82) is 5.26 Å². The molecule has 4 heteroatoms. The minimum Gasteiger partial charge on any atom is -0.398 e. The van der Waals surface area contributed by atoms with Crippen LogP contribution < -0.4 is 5.73 Å². The average molecular weight is 246 g/mol. The van der Waals surface area contributed by atoms with Gasteiger partial charge in [-0.1, -0.05) is 11.6 Å². The van der Waals surface area contributed by atoms with Gasteiger partial charge in [-0.25, -0.2) is 0 Å². The molecule has 0 spiro atoms. The third-order valence-corrected chi connectivity index (χ3v) is 2.60. The van der Waals surface area contributed by atoms with Crippen LogP contribution >= 0.6 is 27.5 Å². The molecule has 1 aromatic carbocycles. The fraction of sp³-hybridized carbons (Fsp3) is 0.125. The molecule has 12 heavy (non-hydrogen) atoms. The summed E-state index contributed by atoms with van der Waals surface area (Å²) in [5, 5.41) is 9.03. The molecule has 0 radical (unpaired) electrons. The maximum atomic E-state index is 8.47. The second kappa shape index (κ2) is 3.79. The summed E-state index contributed by atoms with van der Waals surface area (Å²) in [6.07, 6.45) is 0.311. The zero-order valence-corrected chi connectivity index (χ0v) is 8.48. The van der Waals surface area contributed by atoms with E-state index in [0.29, 0.717) is 17.1 Å². The lowest BCUT2D eigenvalue weighted by molar-refractivity contribution is 1.25. The van der Waals surface area contributed by atoms with Crippen molar-refractivity contribution in [3.05, 3.63) is 27.2 Å². The summed E-state index contributed by atoms with van der Waals surface area (Å²) in [6, 6.07) is 5.41. The molecule has 0 saturated heterocycles. The van der Waals surface area contributed by atoms with Gasteiger partial charge in [0.2, 0.25) is 0 Å². The Hall–Kier alpha value is -0.720. The van der Waals surface area contributed by atoms with E-state index in [2.05, 4.69) is 15.9 Å². The molecule has 1 rings (SSSR count). The summed E-state index contributed by atoms with van der Waals surface area (Å²) in [6.45, 7) is 0. The molecule has 0 bridgehead atoms. The van der Waals surface area contributed by atoms with Crippen LogP contribution in [0.1, 0.15) is 5.56 Å². The van der Waals surface area contributed by atoms with Gasteiger partial charge < -0.3 is 5.73 Å². The number of halogens is 2. The van der Waals surface area contributed by atoms with E-state index in [0.717, 1.165) is 10.0 Å². The maximum Gasteiger partial charge on any atom is 0.0670 e. The van der Waals surface area contributed by atoms with E-state index in [1.807, 2.05) is 6.07 Å². The van der Waals surface area contributed by atoms with Crippen LogP contribution in [0.15, 0.2) is 16.6 Å². The smallest absolute Gasteiger partial charge is 0.0670 e. The fourth-order valence-corrected chi connectivity index (χ4v) is 1.50. The third kappa shape index (κ3) is 1.90. The number of benzene rings is 1. The Balaban J connectivity index is 3.20. The standard InChI is InChI=1S/C8H6BrClN2/c9-8-5(1-2-11)3-6(10)4-7(8)12/h3-4H,1,12H2. The monoisotopic (exact) mass is 244 g/mol. The molecule has 0 fully saturated rings. The molecule has 0 saturated carbocycles. The molecule has 0 atom stereocenters. The van der Waals surface area contributed by atoms with Crippen LogP contribution in [0, 0.1) is 11.3 Å². The minimum atomic E-state index is 0.311. The van der Waals surface area contributed by atoms with Crippen molar-refractivity contribution in [2.75, 3.05) is 5.73 Å². The maximum absolute atomic E-state index is 8.47. The van der Waals surface area contributed by atoms with Crippen molar-refractivity contribution in [2.24, 2.45) is 0 Å². The fourth-order valence-electron chi connectivity index (χ4n) is 0.883. The highest BCUT2D eigenvalue weighted by Gasteiger charge is 2.04. The Morgan fingerprint density at radius 1 is 1.58 bits per heavy atom. The first kappa shape index (κ1) is 9.37. The predicted molar refractivity (Wildman–Crippen MR) is 52.9 cm³/mol. The molecule has 62 valence electrons. The molecule has 0 aromatic heterocycles. The Bertz CT molecular complexity index is 344. The van der Waals surface area contributed by atoms with Gasteiger partial charge in [-0.05, 0) is 33.6 Å². The van der Waals surface area contributed by atoms with Crippen LogP contribution in [0.3, 0.4) is 0 Å². The van der Waals surface area contributed by atoms with Gasteiger partial charge in [0.1, 0.15) is 0 Å². The van der Waals surface area contributed by atoms with E-state index >= 15 is 0 Å². The molecule has 0 unspecified atom stereocenters. The van der Waals surface area contributed by atoms with Gasteiger partial charge in [-0.2, -0.15) is 5.26 Å². The lowest BCUT2D eigenvalue weighted by Gasteiger charge is -2.03. The van der Waals surface area contributed by atoms with Crippen molar-refractivity contribution in [2.45, 2.75) is 6.42 Å². The lowest BCUT2D eigenvalue weighted by Crippen LogP contribution is -1.91. The summed E-state index contributed by atoms with van der Waals surface area (Å²) in [5.74, 6) is 0. The molecule has 0 aliphatic heterocycles. The molecule has 0 heterocycles. The Morgan fingerprint density at radius 2 is 2.25 bits per heavy atom. The van der Waals surface area contributed by atoms with E-state index in [9.17, 15) is 0 Å². The van der Waals surface area contributed by atoms with Crippen LogP contribution in [-0.4, -0.2) is 0 Å². The van der Waals surface area contributed by atoms with Gasteiger partial charge in [0, 0.05) is 15.2 Å². The molecule has 0 amide bonds. The average Bonchev–Trinajstić information content (AvgIpc) is 2.00. The van der Waals surface area contributed by atoms with Crippen molar-refractivity contribution >= 4 is 33.2 Å². The van der Waals surface area contributed by atoms with Gasteiger partial charge in [-0.3, -0.25) is 0 Å². The summed E-state index contributed by atoms with van der Waals surface area (Å²) < 4.78 is 0.758. The highest BCUT2D eigenvalue weighted by Crippen LogP contribution is 2.28. The van der Waals surface area contributed by atoms with Crippen LogP contribution in [0.5, 0.6) is 0 Å². The van der Waals surface area contributed by atoms with Gasteiger partial charge >= 0.3 is 0 Å². The molecule has 1 aromatic rings. The Labute approximate surface area is 84.1 Å². The van der Waals surface area contributed by atoms with Crippen molar-refractivity contribution in [3.63, 3.8) is 0 Å². The predicted octanol–water partition coefficient (Wildman–Crippen LogP) is 2.75. The SMILES string of the molecule is N#CCc1cc(Cl)cc(N)c1Br. The highest BCUT2D eigenvalue weighted by molar-refractivity contribution is 9.10. The number of anilines is 1. The second-order valence-electron chi connectivity index (χ2n) is 2.30. The van der Waals surface area contributed by atoms with Gasteiger partial charge in [0.15, 0.2) is 0 Å². The zero-order chi connectivity index (χ0) is 9.14. The molecule has 2 N–H and O–H groups in total. The van der Waals surface area contributed by atoms with E-state index < -0.39 is 0 Å². The number of hydrogen-bond donors (Lipinski definition) is 1. The van der Waals surface area contributed by atoms with Crippen molar-refractivity contribution < 1.29 is 0 Å². The summed E-state index contributed by atoms with van der Waals surface area (Å²) >= 11 is 9.03. The number of nitrogens with zero attached hydrogens (tertiary/aromatic N) is 1. The van der Waals surface area contributed by atoms with Crippen molar-refractivity contribution in [1.82, 2.24) is 0 Å². The normalized spacial score (nSPS) is 9.42. The van der Waals surface area contributed by atoms with Gasteiger partial charge in [0.05, 0.1) is 12.5 Å². The van der Waals surface area contributed by atoms with E-state index in [1.165, 1.54) is 0 Å². The number of hydrogen-bond acceptors (Lipinski definition) is 2. The first-order chi connectivity index (χ1) is 5.65. The molecule has 0 aliphatic carbocycles. The molecule has 2 nitrogen and oxygen atoms in total. The minimum absolute atomic E-state index is 0.311. The van der Waals surface area contributed by atoms with E-state index in [4.69, 9.17) is 22.6 Å². The Morgan fingerprint density at radius 3 is 2.83 bits per heavy atom. The number of nitriles is 1. The lowest BCUT2D eigenvalue weighted by atomic mass is 10.1. The summed E-state index contributed by atoms with van der Waals surface area (Å²) in [7, 11) is 0. The topological polar surface area (TPSA) is 49.8 Å².